The van der Waals surface area contributed by atoms with Crippen molar-refractivity contribution >= 4 is 5.78 Å². The molecule has 0 aromatic heterocycles. The van der Waals surface area contributed by atoms with E-state index in [1.165, 1.54) is 5.57 Å². The first-order chi connectivity index (χ1) is 7.81. The highest BCUT2D eigenvalue weighted by atomic mass is 16.1. The number of hydrogen-bond acceptors (Lipinski definition) is 2. The Bertz CT molecular complexity index is 476. The maximum Gasteiger partial charge on any atom is 0.178 e. The summed E-state index contributed by atoms with van der Waals surface area (Å²) in [5, 5.41) is 9.11. The first-order valence-electron chi connectivity index (χ1n) is 6.14. The van der Waals surface area contributed by atoms with Gasteiger partial charge in [0.05, 0.1) is 5.57 Å². The van der Waals surface area contributed by atoms with Crippen molar-refractivity contribution in [3.05, 3.63) is 23.3 Å². The van der Waals surface area contributed by atoms with Gasteiger partial charge in [-0.15, -0.1) is 0 Å². The zero-order chi connectivity index (χ0) is 12.8. The number of fused-ring (bicyclic) bond motifs is 1. The first-order valence-corrected chi connectivity index (χ1v) is 6.14. The normalized spacial score (nSPS) is 35.5. The molecule has 2 aliphatic rings. The lowest BCUT2D eigenvalue weighted by Gasteiger charge is -2.49. The summed E-state index contributed by atoms with van der Waals surface area (Å²) in [6, 6.07) is 2.07. The lowest BCUT2D eigenvalue weighted by atomic mass is 9.53. The Hall–Kier alpha value is -1.36. The third-order valence-electron chi connectivity index (χ3n) is 4.45. The first kappa shape index (κ1) is 12.1. The number of nitrogens with zero attached hydrogens (tertiary/aromatic N) is 1. The number of nitriles is 1. The molecule has 2 atom stereocenters. The Morgan fingerprint density at radius 3 is 2.65 bits per heavy atom. The lowest BCUT2D eigenvalue weighted by Crippen LogP contribution is -2.47. The molecule has 0 radical (unpaired) electrons. The van der Waals surface area contributed by atoms with Crippen LogP contribution < -0.4 is 0 Å². The SMILES string of the molecule is CC1=CC[C@@H]2C(C)(C)C(=O)C(C#N)=C[C@@]2(C)C1. The van der Waals surface area contributed by atoms with Crippen LogP contribution in [-0.2, 0) is 4.79 Å². The van der Waals surface area contributed by atoms with Crippen LogP contribution in [-0.4, -0.2) is 5.78 Å². The van der Waals surface area contributed by atoms with E-state index < -0.39 is 5.41 Å². The highest BCUT2D eigenvalue weighted by molar-refractivity contribution is 6.04. The summed E-state index contributed by atoms with van der Waals surface area (Å²) in [6.45, 7) is 8.28. The van der Waals surface area contributed by atoms with E-state index in [1.54, 1.807) is 0 Å². The minimum Gasteiger partial charge on any atom is -0.293 e. The third-order valence-corrected chi connectivity index (χ3v) is 4.45. The van der Waals surface area contributed by atoms with Gasteiger partial charge in [-0.3, -0.25) is 4.79 Å². The molecule has 2 nitrogen and oxygen atoms in total. The summed E-state index contributed by atoms with van der Waals surface area (Å²) >= 11 is 0. The smallest absolute Gasteiger partial charge is 0.178 e. The van der Waals surface area contributed by atoms with Crippen molar-refractivity contribution in [2.45, 2.75) is 40.5 Å². The minimum absolute atomic E-state index is 0.00966. The average Bonchev–Trinajstić information content (AvgIpc) is 2.23. The Morgan fingerprint density at radius 1 is 1.41 bits per heavy atom. The largest absolute Gasteiger partial charge is 0.293 e. The van der Waals surface area contributed by atoms with Crippen molar-refractivity contribution in [1.82, 2.24) is 0 Å². The predicted octanol–water partition coefficient (Wildman–Crippen LogP) is 3.41. The monoisotopic (exact) mass is 229 g/mol. The molecular formula is C15H19NO. The highest BCUT2D eigenvalue weighted by Gasteiger charge is 2.51. The van der Waals surface area contributed by atoms with Gasteiger partial charge in [0.1, 0.15) is 6.07 Å². The molecule has 0 aliphatic heterocycles. The fraction of sp³-hybridized carbons (Fsp3) is 0.600. The van der Waals surface area contributed by atoms with E-state index in [0.29, 0.717) is 11.5 Å². The second kappa shape index (κ2) is 3.57. The van der Waals surface area contributed by atoms with Crippen LogP contribution in [0.25, 0.3) is 0 Å². The zero-order valence-electron chi connectivity index (χ0n) is 11.0. The van der Waals surface area contributed by atoms with Crippen LogP contribution in [0.15, 0.2) is 23.3 Å². The fourth-order valence-corrected chi connectivity index (χ4v) is 3.64. The quantitative estimate of drug-likeness (QED) is 0.597. The third kappa shape index (κ3) is 1.65. The average molecular weight is 229 g/mol. The van der Waals surface area contributed by atoms with Crippen LogP contribution in [0, 0.1) is 28.1 Å². The number of Topliss-reactive ketones (excluding diaryl/α,β-unsaturated/α-hetero) is 1. The predicted molar refractivity (Wildman–Crippen MR) is 67.1 cm³/mol. The van der Waals surface area contributed by atoms with Gasteiger partial charge in [-0.05, 0) is 31.1 Å². The zero-order valence-corrected chi connectivity index (χ0v) is 11.0. The van der Waals surface area contributed by atoms with Gasteiger partial charge in [-0.2, -0.15) is 5.26 Å². The van der Waals surface area contributed by atoms with Gasteiger partial charge >= 0.3 is 0 Å². The number of carbonyl (C=O) groups is 1. The summed E-state index contributed by atoms with van der Waals surface area (Å²) in [7, 11) is 0. The van der Waals surface area contributed by atoms with Crippen molar-refractivity contribution < 1.29 is 4.79 Å². The van der Waals surface area contributed by atoms with E-state index >= 15 is 0 Å². The van der Waals surface area contributed by atoms with Crippen molar-refractivity contribution in [2.75, 3.05) is 0 Å². The van der Waals surface area contributed by atoms with Gasteiger partial charge in [0.25, 0.3) is 0 Å². The maximum absolute atomic E-state index is 12.2. The number of allylic oxidation sites excluding steroid dienone is 4. The number of rotatable bonds is 0. The fourth-order valence-electron chi connectivity index (χ4n) is 3.64. The molecule has 0 unspecified atom stereocenters. The van der Waals surface area contributed by atoms with E-state index in [2.05, 4.69) is 26.0 Å². The van der Waals surface area contributed by atoms with E-state index in [4.69, 9.17) is 5.26 Å². The summed E-state index contributed by atoms with van der Waals surface area (Å²) < 4.78 is 0. The van der Waals surface area contributed by atoms with Gasteiger partial charge in [0.15, 0.2) is 5.78 Å². The molecule has 0 amide bonds. The van der Waals surface area contributed by atoms with Gasteiger partial charge in [0.2, 0.25) is 0 Å². The van der Waals surface area contributed by atoms with Crippen LogP contribution in [0.1, 0.15) is 40.5 Å². The molecule has 17 heavy (non-hydrogen) atoms. The molecule has 0 N–H and O–H groups in total. The molecule has 90 valence electrons. The maximum atomic E-state index is 12.2. The second-order valence-corrected chi connectivity index (χ2v) is 6.24. The Kier molecular flexibility index (Phi) is 2.54. The molecule has 2 aliphatic carbocycles. The molecule has 2 heteroatoms. The molecule has 2 rings (SSSR count). The molecular weight excluding hydrogens is 210 g/mol. The van der Waals surface area contributed by atoms with Crippen molar-refractivity contribution in [3.8, 4) is 6.07 Å². The van der Waals surface area contributed by atoms with Crippen LogP contribution >= 0.6 is 0 Å². The van der Waals surface area contributed by atoms with Gasteiger partial charge in [0, 0.05) is 5.41 Å². The summed E-state index contributed by atoms with van der Waals surface area (Å²) in [5.41, 5.74) is 1.25. The van der Waals surface area contributed by atoms with Crippen molar-refractivity contribution in [3.63, 3.8) is 0 Å². The molecule has 0 aromatic rings. The molecule has 0 fully saturated rings. The van der Waals surface area contributed by atoms with E-state index in [9.17, 15) is 4.79 Å². The van der Waals surface area contributed by atoms with Gasteiger partial charge in [-0.1, -0.05) is 38.5 Å². The molecule has 0 heterocycles. The standard InChI is InChI=1S/C15H19NO/c1-10-5-6-12-14(2,3)13(17)11(9-16)8-15(12,4)7-10/h5,8,12H,6-7H2,1-4H3/t12-,15-/m1/s1. The molecule has 0 aromatic carbocycles. The van der Waals surface area contributed by atoms with Crippen molar-refractivity contribution in [2.24, 2.45) is 16.7 Å². The number of hydrogen-bond donors (Lipinski definition) is 0. The van der Waals surface area contributed by atoms with E-state index in [-0.39, 0.29) is 11.2 Å². The highest BCUT2D eigenvalue weighted by Crippen LogP contribution is 2.54. The molecule has 0 saturated heterocycles. The molecule has 0 spiro atoms. The van der Waals surface area contributed by atoms with Crippen LogP contribution in [0.5, 0.6) is 0 Å². The minimum atomic E-state index is -0.425. The summed E-state index contributed by atoms with van der Waals surface area (Å²) in [5.74, 6) is 0.318. The van der Waals surface area contributed by atoms with E-state index in [1.807, 2.05) is 19.9 Å². The summed E-state index contributed by atoms with van der Waals surface area (Å²) in [6.07, 6.45) is 6.06. The van der Waals surface area contributed by atoms with Gasteiger partial charge < -0.3 is 0 Å². The van der Waals surface area contributed by atoms with Crippen molar-refractivity contribution in [1.29, 1.82) is 5.26 Å². The molecule has 0 bridgehead atoms. The number of carbonyl (C=O) groups excluding carboxylic acids is 1. The lowest BCUT2D eigenvalue weighted by molar-refractivity contribution is -0.129. The van der Waals surface area contributed by atoms with Crippen LogP contribution in [0.2, 0.25) is 0 Å². The van der Waals surface area contributed by atoms with Gasteiger partial charge in [-0.25, -0.2) is 0 Å². The van der Waals surface area contributed by atoms with Crippen LogP contribution in [0.3, 0.4) is 0 Å². The molecule has 0 saturated carbocycles. The topological polar surface area (TPSA) is 40.9 Å². The Morgan fingerprint density at radius 2 is 2.06 bits per heavy atom. The van der Waals surface area contributed by atoms with E-state index in [0.717, 1.165) is 12.8 Å². The van der Waals surface area contributed by atoms with Crippen LogP contribution in [0.4, 0.5) is 0 Å². The Balaban J connectivity index is 2.58. The second-order valence-electron chi connectivity index (χ2n) is 6.24. The summed E-state index contributed by atoms with van der Waals surface area (Å²) in [4.78, 5) is 12.2. The number of ketones is 1. The Labute approximate surface area is 103 Å².